The summed E-state index contributed by atoms with van der Waals surface area (Å²) in [7, 11) is 0. The Balaban J connectivity index is 1.33. The number of hydrogen-bond donors (Lipinski definition) is 1. The first-order chi connectivity index (χ1) is 17.0. The Hall–Kier alpha value is -4.70. The van der Waals surface area contributed by atoms with Crippen molar-refractivity contribution in [2.24, 2.45) is 0 Å². The molecule has 0 amide bonds. The first kappa shape index (κ1) is 22.1. The number of carbonyl (C=O) groups excluding carboxylic acids is 1. The third-order valence-electron chi connectivity index (χ3n) is 6.00. The number of hydrogen-bond acceptors (Lipinski definition) is 6. The second-order valence-electron chi connectivity index (χ2n) is 8.28. The standard InChI is InChI=1S/C28H20N2O5/c29-15-20-12-24-23(28(32)33)9-10-34-27(24)14-26(20)35-22-7-5-17(6-8-22)25(31)13-21-11-18-3-1-2-4-19(18)16-30-21/h1-8,11-12,14,16,23H,9-10,13H2,(H,32,33). The van der Waals surface area contributed by atoms with Crippen LogP contribution in [0, 0.1) is 11.3 Å². The highest BCUT2D eigenvalue weighted by Crippen LogP contribution is 2.39. The lowest BCUT2D eigenvalue weighted by molar-refractivity contribution is -0.139. The average molecular weight is 464 g/mol. The molecule has 2 heterocycles. The van der Waals surface area contributed by atoms with Gasteiger partial charge in [-0.1, -0.05) is 24.3 Å². The van der Waals surface area contributed by atoms with Crippen LogP contribution < -0.4 is 9.47 Å². The molecule has 5 rings (SSSR count). The molecule has 1 aliphatic heterocycles. The van der Waals surface area contributed by atoms with Gasteiger partial charge in [0.15, 0.2) is 5.78 Å². The zero-order valence-corrected chi connectivity index (χ0v) is 18.6. The van der Waals surface area contributed by atoms with Crippen LogP contribution in [0.25, 0.3) is 10.8 Å². The molecule has 172 valence electrons. The maximum atomic E-state index is 12.8. The lowest BCUT2D eigenvalue weighted by Gasteiger charge is -2.24. The Labute approximate surface area is 201 Å². The number of carboxylic acid groups (broad SMARTS) is 1. The van der Waals surface area contributed by atoms with Gasteiger partial charge >= 0.3 is 5.97 Å². The lowest BCUT2D eigenvalue weighted by Crippen LogP contribution is -2.21. The number of aromatic nitrogens is 1. The zero-order valence-electron chi connectivity index (χ0n) is 18.6. The molecule has 0 radical (unpaired) electrons. The number of benzene rings is 3. The third-order valence-corrected chi connectivity index (χ3v) is 6.00. The molecule has 7 heteroatoms. The molecule has 0 aliphatic carbocycles. The molecule has 1 unspecified atom stereocenters. The van der Waals surface area contributed by atoms with Crippen molar-refractivity contribution in [2.75, 3.05) is 6.61 Å². The van der Waals surface area contributed by atoms with Crippen LogP contribution in [0.5, 0.6) is 17.2 Å². The van der Waals surface area contributed by atoms with Crippen LogP contribution in [-0.4, -0.2) is 28.4 Å². The quantitative estimate of drug-likeness (QED) is 0.387. The maximum absolute atomic E-state index is 12.8. The Kier molecular flexibility index (Phi) is 5.86. The average Bonchev–Trinajstić information content (AvgIpc) is 2.88. The fraction of sp³-hybridized carbons (Fsp3) is 0.143. The second-order valence-corrected chi connectivity index (χ2v) is 8.28. The Morgan fingerprint density at radius 3 is 2.60 bits per heavy atom. The number of rotatable bonds is 6. The normalized spacial score (nSPS) is 14.4. The molecule has 7 nitrogen and oxygen atoms in total. The Morgan fingerprint density at radius 2 is 1.86 bits per heavy atom. The summed E-state index contributed by atoms with van der Waals surface area (Å²) in [6.45, 7) is 0.276. The lowest BCUT2D eigenvalue weighted by atomic mass is 9.91. The highest BCUT2D eigenvalue weighted by atomic mass is 16.5. The van der Waals surface area contributed by atoms with Crippen molar-refractivity contribution in [3.8, 4) is 23.3 Å². The van der Waals surface area contributed by atoms with Gasteiger partial charge in [-0.25, -0.2) is 0 Å². The number of ketones is 1. The summed E-state index contributed by atoms with van der Waals surface area (Å²) in [6.07, 6.45) is 2.29. The van der Waals surface area contributed by atoms with E-state index in [1.807, 2.05) is 30.3 Å². The number of carbonyl (C=O) groups is 2. The minimum Gasteiger partial charge on any atom is -0.493 e. The van der Waals surface area contributed by atoms with Gasteiger partial charge in [-0.15, -0.1) is 0 Å². The fourth-order valence-corrected chi connectivity index (χ4v) is 4.17. The number of ether oxygens (including phenoxy) is 2. The van der Waals surface area contributed by atoms with E-state index in [4.69, 9.17) is 9.47 Å². The van der Waals surface area contributed by atoms with Crippen molar-refractivity contribution in [1.82, 2.24) is 4.98 Å². The number of Topliss-reactive ketones (excluding diaryl/α,β-unsaturated/α-hetero) is 1. The number of nitriles is 1. The topological polar surface area (TPSA) is 110 Å². The minimum atomic E-state index is -0.953. The second kappa shape index (κ2) is 9.27. The van der Waals surface area contributed by atoms with Gasteiger partial charge in [0.25, 0.3) is 0 Å². The van der Waals surface area contributed by atoms with Gasteiger partial charge in [-0.2, -0.15) is 5.26 Å². The fourth-order valence-electron chi connectivity index (χ4n) is 4.17. The molecule has 35 heavy (non-hydrogen) atoms. The van der Waals surface area contributed by atoms with E-state index in [0.717, 1.165) is 10.8 Å². The molecule has 1 aliphatic rings. The summed E-state index contributed by atoms with van der Waals surface area (Å²) < 4.78 is 11.5. The van der Waals surface area contributed by atoms with E-state index in [1.165, 1.54) is 6.07 Å². The summed E-state index contributed by atoms with van der Waals surface area (Å²) in [4.78, 5) is 28.7. The number of nitrogens with zero attached hydrogens (tertiary/aromatic N) is 2. The van der Waals surface area contributed by atoms with E-state index in [0.29, 0.717) is 34.7 Å². The molecular formula is C28H20N2O5. The van der Waals surface area contributed by atoms with Crippen molar-refractivity contribution in [3.05, 3.63) is 95.3 Å². The monoisotopic (exact) mass is 464 g/mol. The molecule has 0 spiro atoms. The van der Waals surface area contributed by atoms with Gasteiger partial charge < -0.3 is 14.6 Å². The van der Waals surface area contributed by atoms with Crippen LogP contribution in [0.1, 0.15) is 39.5 Å². The van der Waals surface area contributed by atoms with Crippen LogP contribution in [0.2, 0.25) is 0 Å². The number of carboxylic acids is 1. The number of pyridine rings is 1. The van der Waals surface area contributed by atoms with E-state index in [2.05, 4.69) is 11.1 Å². The molecular weight excluding hydrogens is 444 g/mol. The molecule has 1 atom stereocenters. The predicted octanol–water partition coefficient (Wildman–Crippen LogP) is 5.27. The van der Waals surface area contributed by atoms with E-state index in [1.54, 1.807) is 36.5 Å². The summed E-state index contributed by atoms with van der Waals surface area (Å²) in [5.41, 5.74) is 1.89. The summed E-state index contributed by atoms with van der Waals surface area (Å²) in [6, 6.07) is 21.5. The molecule has 1 N–H and O–H groups in total. The van der Waals surface area contributed by atoms with E-state index < -0.39 is 11.9 Å². The highest BCUT2D eigenvalue weighted by molar-refractivity contribution is 5.97. The van der Waals surface area contributed by atoms with Gasteiger partial charge in [0.2, 0.25) is 0 Å². The first-order valence-corrected chi connectivity index (χ1v) is 11.1. The predicted molar refractivity (Wildman–Crippen MR) is 128 cm³/mol. The van der Waals surface area contributed by atoms with Crippen molar-refractivity contribution < 1.29 is 24.2 Å². The van der Waals surface area contributed by atoms with Crippen molar-refractivity contribution >= 4 is 22.5 Å². The highest BCUT2D eigenvalue weighted by Gasteiger charge is 2.29. The van der Waals surface area contributed by atoms with Crippen molar-refractivity contribution in [3.63, 3.8) is 0 Å². The van der Waals surface area contributed by atoms with Crippen LogP contribution in [0.4, 0.5) is 0 Å². The molecule has 3 aromatic carbocycles. The Morgan fingerprint density at radius 1 is 1.09 bits per heavy atom. The van der Waals surface area contributed by atoms with Crippen LogP contribution in [0.15, 0.2) is 72.9 Å². The summed E-state index contributed by atoms with van der Waals surface area (Å²) >= 11 is 0. The minimum absolute atomic E-state index is 0.0704. The van der Waals surface area contributed by atoms with Crippen molar-refractivity contribution in [2.45, 2.75) is 18.8 Å². The summed E-state index contributed by atoms with van der Waals surface area (Å²) in [5, 5.41) is 21.1. The number of aliphatic carboxylic acids is 1. The first-order valence-electron chi connectivity index (χ1n) is 11.1. The zero-order chi connectivity index (χ0) is 24.4. The van der Waals surface area contributed by atoms with Crippen molar-refractivity contribution in [1.29, 1.82) is 5.26 Å². The van der Waals surface area contributed by atoms with Crippen LogP contribution in [-0.2, 0) is 11.2 Å². The molecule has 0 bridgehead atoms. The van der Waals surface area contributed by atoms with E-state index in [9.17, 15) is 20.0 Å². The molecule has 0 saturated heterocycles. The largest absolute Gasteiger partial charge is 0.493 e. The van der Waals surface area contributed by atoms with E-state index >= 15 is 0 Å². The van der Waals surface area contributed by atoms with Gasteiger partial charge in [0.1, 0.15) is 23.3 Å². The van der Waals surface area contributed by atoms with Gasteiger partial charge in [0, 0.05) is 34.5 Å². The van der Waals surface area contributed by atoms with E-state index in [-0.39, 0.29) is 30.1 Å². The molecule has 0 saturated carbocycles. The summed E-state index contributed by atoms with van der Waals surface area (Å²) in [5.74, 6) is -0.649. The van der Waals surface area contributed by atoms with Gasteiger partial charge in [-0.3, -0.25) is 14.6 Å². The van der Waals surface area contributed by atoms with Crippen LogP contribution >= 0.6 is 0 Å². The van der Waals surface area contributed by atoms with Gasteiger partial charge in [0.05, 0.1) is 24.5 Å². The van der Waals surface area contributed by atoms with Crippen LogP contribution in [0.3, 0.4) is 0 Å². The molecule has 4 aromatic rings. The third kappa shape index (κ3) is 4.55. The number of fused-ring (bicyclic) bond motifs is 2. The SMILES string of the molecule is N#Cc1cc2c(cc1Oc1ccc(C(=O)Cc3cc4ccccc4cn3)cc1)OCCC2C(=O)O. The smallest absolute Gasteiger partial charge is 0.311 e. The molecule has 1 aromatic heterocycles. The Bertz CT molecular complexity index is 1490. The maximum Gasteiger partial charge on any atom is 0.311 e. The van der Waals surface area contributed by atoms with Gasteiger partial charge in [-0.05, 0) is 48.2 Å². The molecule has 0 fully saturated rings.